The van der Waals surface area contributed by atoms with Crippen molar-refractivity contribution >= 4 is 12.0 Å². The minimum atomic E-state index is -4.47. The summed E-state index contributed by atoms with van der Waals surface area (Å²) in [5.74, 6) is -1.10. The van der Waals surface area contributed by atoms with Crippen molar-refractivity contribution in [1.29, 1.82) is 0 Å². The fourth-order valence-electron chi connectivity index (χ4n) is 1.41. The number of halogens is 3. The van der Waals surface area contributed by atoms with E-state index < -0.39 is 30.8 Å². The van der Waals surface area contributed by atoms with Crippen LogP contribution in [0.2, 0.25) is 0 Å². The van der Waals surface area contributed by atoms with Gasteiger partial charge in [-0.2, -0.15) is 13.2 Å². The molecule has 0 aliphatic carbocycles. The van der Waals surface area contributed by atoms with Gasteiger partial charge in [0.05, 0.1) is 6.42 Å². The van der Waals surface area contributed by atoms with E-state index in [4.69, 9.17) is 5.11 Å². The highest BCUT2D eigenvalue weighted by Gasteiger charge is 2.31. The van der Waals surface area contributed by atoms with E-state index in [0.717, 1.165) is 7.05 Å². The number of carboxylic acids is 1. The predicted molar refractivity (Wildman–Crippen MR) is 58.2 cm³/mol. The molecule has 0 bridgehead atoms. The Balaban J connectivity index is 4.35. The Morgan fingerprint density at radius 2 is 1.94 bits per heavy atom. The molecule has 8 heteroatoms. The molecule has 0 aromatic rings. The summed E-state index contributed by atoms with van der Waals surface area (Å²) in [6.07, 6.45) is -3.75. The Hall–Kier alpha value is -1.47. The van der Waals surface area contributed by atoms with E-state index in [0.29, 0.717) is 17.7 Å². The number of hydrogen-bond donors (Lipinski definition) is 2. The molecule has 0 aromatic heterocycles. The van der Waals surface area contributed by atoms with Crippen LogP contribution in [0.5, 0.6) is 0 Å². The highest BCUT2D eigenvalue weighted by atomic mass is 19.4. The van der Waals surface area contributed by atoms with Crippen LogP contribution in [0.4, 0.5) is 18.0 Å². The van der Waals surface area contributed by atoms with Crippen LogP contribution in [-0.4, -0.2) is 47.8 Å². The first-order chi connectivity index (χ1) is 8.15. The normalized spacial score (nSPS) is 12.9. The van der Waals surface area contributed by atoms with Crippen molar-refractivity contribution in [2.45, 2.75) is 38.4 Å². The Bertz CT molecular complexity index is 295. The van der Waals surface area contributed by atoms with Crippen LogP contribution < -0.4 is 5.32 Å². The summed E-state index contributed by atoms with van der Waals surface area (Å²) in [6.45, 7) is 0.422. The molecule has 2 N–H and O–H groups in total. The van der Waals surface area contributed by atoms with E-state index in [1.807, 2.05) is 0 Å². The van der Waals surface area contributed by atoms with E-state index in [1.54, 1.807) is 6.92 Å². The van der Waals surface area contributed by atoms with Crippen LogP contribution in [-0.2, 0) is 4.79 Å². The third kappa shape index (κ3) is 7.75. The van der Waals surface area contributed by atoms with Crippen molar-refractivity contribution in [3.8, 4) is 0 Å². The number of nitrogens with one attached hydrogen (secondary N) is 1. The standard InChI is InChI=1S/C10H17F3N2O3/c1-3-4-7(5-8(16)17)14-9(18)15(2)6-10(11,12)13/h7H,3-6H2,1-2H3,(H,14,18)(H,16,17). The van der Waals surface area contributed by atoms with Crippen molar-refractivity contribution in [2.75, 3.05) is 13.6 Å². The Labute approximate surface area is 103 Å². The number of hydrogen-bond acceptors (Lipinski definition) is 2. The highest BCUT2D eigenvalue weighted by Crippen LogP contribution is 2.15. The number of carbonyl (C=O) groups is 2. The van der Waals surface area contributed by atoms with Gasteiger partial charge >= 0.3 is 18.2 Å². The second-order valence-electron chi connectivity index (χ2n) is 4.00. The van der Waals surface area contributed by atoms with Crippen molar-refractivity contribution < 1.29 is 27.9 Å². The van der Waals surface area contributed by atoms with Crippen LogP contribution >= 0.6 is 0 Å². The van der Waals surface area contributed by atoms with Crippen LogP contribution in [0.1, 0.15) is 26.2 Å². The number of aliphatic carboxylic acids is 1. The maximum absolute atomic E-state index is 12.0. The van der Waals surface area contributed by atoms with Gasteiger partial charge < -0.3 is 15.3 Å². The zero-order chi connectivity index (χ0) is 14.3. The summed E-state index contributed by atoms with van der Waals surface area (Å²) < 4.78 is 36.1. The first kappa shape index (κ1) is 16.5. The van der Waals surface area contributed by atoms with E-state index >= 15 is 0 Å². The molecule has 0 aliphatic rings. The zero-order valence-corrected chi connectivity index (χ0v) is 10.3. The molecule has 0 heterocycles. The third-order valence-corrected chi connectivity index (χ3v) is 2.15. The lowest BCUT2D eigenvalue weighted by Gasteiger charge is -2.23. The molecule has 18 heavy (non-hydrogen) atoms. The number of carboxylic acid groups (broad SMARTS) is 1. The highest BCUT2D eigenvalue weighted by molar-refractivity contribution is 5.75. The Kier molecular flexibility index (Phi) is 6.50. The summed E-state index contributed by atoms with van der Waals surface area (Å²) in [5, 5.41) is 10.9. The second kappa shape index (κ2) is 7.07. The number of carbonyl (C=O) groups excluding carboxylic acids is 1. The minimum Gasteiger partial charge on any atom is -0.481 e. The molecule has 5 nitrogen and oxygen atoms in total. The molecule has 1 atom stereocenters. The molecule has 0 aliphatic heterocycles. The van der Waals surface area contributed by atoms with Gasteiger partial charge in [0.2, 0.25) is 0 Å². The molecular weight excluding hydrogens is 253 g/mol. The molecule has 1 unspecified atom stereocenters. The fraction of sp³-hybridized carbons (Fsp3) is 0.800. The van der Waals surface area contributed by atoms with Gasteiger partial charge in [0.15, 0.2) is 0 Å². The lowest BCUT2D eigenvalue weighted by molar-refractivity contribution is -0.139. The molecule has 0 aromatic carbocycles. The minimum absolute atomic E-state index is 0.306. The number of urea groups is 1. The largest absolute Gasteiger partial charge is 0.481 e. The predicted octanol–water partition coefficient (Wildman–Crippen LogP) is 1.83. The molecule has 0 radical (unpaired) electrons. The average Bonchev–Trinajstić information content (AvgIpc) is 2.13. The van der Waals surface area contributed by atoms with Crippen molar-refractivity contribution in [3.63, 3.8) is 0 Å². The second-order valence-corrected chi connectivity index (χ2v) is 4.00. The monoisotopic (exact) mass is 270 g/mol. The van der Waals surface area contributed by atoms with Crippen LogP contribution in [0.3, 0.4) is 0 Å². The van der Waals surface area contributed by atoms with Gasteiger partial charge in [0.25, 0.3) is 0 Å². The van der Waals surface area contributed by atoms with Gasteiger partial charge in [-0.25, -0.2) is 4.79 Å². The summed E-state index contributed by atoms with van der Waals surface area (Å²) in [4.78, 5) is 22.4. The summed E-state index contributed by atoms with van der Waals surface area (Å²) in [6, 6.07) is -1.58. The maximum Gasteiger partial charge on any atom is 0.406 e. The van der Waals surface area contributed by atoms with Gasteiger partial charge in [0, 0.05) is 13.1 Å². The van der Waals surface area contributed by atoms with E-state index in [2.05, 4.69) is 5.32 Å². The van der Waals surface area contributed by atoms with E-state index in [9.17, 15) is 22.8 Å². The number of nitrogens with zero attached hydrogens (tertiary/aromatic N) is 1. The van der Waals surface area contributed by atoms with Crippen LogP contribution in [0.25, 0.3) is 0 Å². The molecule has 0 fully saturated rings. The van der Waals surface area contributed by atoms with E-state index in [1.165, 1.54) is 0 Å². The van der Waals surface area contributed by atoms with Crippen molar-refractivity contribution in [1.82, 2.24) is 10.2 Å². The summed E-state index contributed by atoms with van der Waals surface area (Å²) in [7, 11) is 1.01. The zero-order valence-electron chi connectivity index (χ0n) is 10.3. The molecular formula is C10H17F3N2O3. The maximum atomic E-state index is 12.0. The number of rotatable bonds is 6. The molecule has 0 spiro atoms. The smallest absolute Gasteiger partial charge is 0.406 e. The Morgan fingerprint density at radius 1 is 1.39 bits per heavy atom. The van der Waals surface area contributed by atoms with Gasteiger partial charge in [-0.05, 0) is 6.42 Å². The van der Waals surface area contributed by atoms with Gasteiger partial charge in [-0.1, -0.05) is 13.3 Å². The van der Waals surface area contributed by atoms with E-state index in [-0.39, 0.29) is 6.42 Å². The quantitative estimate of drug-likeness (QED) is 0.773. The molecule has 2 amide bonds. The lowest BCUT2D eigenvalue weighted by Crippen LogP contribution is -2.46. The molecule has 0 saturated carbocycles. The fourth-order valence-corrected chi connectivity index (χ4v) is 1.41. The SMILES string of the molecule is CCCC(CC(=O)O)NC(=O)N(C)CC(F)(F)F. The number of amides is 2. The van der Waals surface area contributed by atoms with Crippen molar-refractivity contribution in [3.05, 3.63) is 0 Å². The Morgan fingerprint density at radius 3 is 2.33 bits per heavy atom. The summed E-state index contributed by atoms with van der Waals surface area (Å²) >= 11 is 0. The third-order valence-electron chi connectivity index (χ3n) is 2.15. The average molecular weight is 270 g/mol. The van der Waals surface area contributed by atoms with Crippen LogP contribution in [0, 0.1) is 0 Å². The van der Waals surface area contributed by atoms with Gasteiger partial charge in [0.1, 0.15) is 6.54 Å². The topological polar surface area (TPSA) is 69.6 Å². The van der Waals surface area contributed by atoms with Gasteiger partial charge in [-0.3, -0.25) is 4.79 Å². The number of alkyl halides is 3. The molecule has 106 valence electrons. The molecule has 0 rings (SSSR count). The van der Waals surface area contributed by atoms with Gasteiger partial charge in [-0.15, -0.1) is 0 Å². The first-order valence-electron chi connectivity index (χ1n) is 5.46. The van der Waals surface area contributed by atoms with Crippen LogP contribution in [0.15, 0.2) is 0 Å². The lowest BCUT2D eigenvalue weighted by atomic mass is 10.1. The first-order valence-corrected chi connectivity index (χ1v) is 5.46. The molecule has 0 saturated heterocycles. The van der Waals surface area contributed by atoms with Crippen molar-refractivity contribution in [2.24, 2.45) is 0 Å². The summed E-state index contributed by atoms with van der Waals surface area (Å²) in [5.41, 5.74) is 0.